The van der Waals surface area contributed by atoms with E-state index in [4.69, 9.17) is 5.11 Å². The van der Waals surface area contributed by atoms with Gasteiger partial charge in [0.15, 0.2) is 12.4 Å². The summed E-state index contributed by atoms with van der Waals surface area (Å²) < 4.78 is 2.38. The van der Waals surface area contributed by atoms with Crippen LogP contribution in [0.4, 0.5) is 0 Å². The quantitative estimate of drug-likeness (QED) is 0.146. The van der Waals surface area contributed by atoms with Crippen LogP contribution in [0.25, 0.3) is 0 Å². The summed E-state index contributed by atoms with van der Waals surface area (Å²) in [5, 5.41) is 8.76. The van der Waals surface area contributed by atoms with Gasteiger partial charge in [0.25, 0.3) is 0 Å². The summed E-state index contributed by atoms with van der Waals surface area (Å²) in [4.78, 5) is 0. The molecule has 0 fully saturated rings. The standard InChI is InChI=1S/C26H46NO/c1-2-3-4-5-14-17-22-27-23-19-21-26(25-27)20-16-13-11-9-7-6-8-10-12-15-18-24-28/h2,19,21,23,25,28H,1,3-18,20,22,24H2/q+1. The third kappa shape index (κ3) is 14.9. The first kappa shape index (κ1) is 24.9. The molecule has 28 heavy (non-hydrogen) atoms. The van der Waals surface area contributed by atoms with E-state index in [1.165, 1.54) is 102 Å². The van der Waals surface area contributed by atoms with Crippen LogP contribution in [-0.2, 0) is 13.0 Å². The summed E-state index contributed by atoms with van der Waals surface area (Å²) in [5.41, 5.74) is 1.50. The fourth-order valence-electron chi connectivity index (χ4n) is 3.83. The Balaban J connectivity index is 1.97. The van der Waals surface area contributed by atoms with Crippen molar-refractivity contribution < 1.29 is 9.67 Å². The van der Waals surface area contributed by atoms with Crippen LogP contribution in [0.3, 0.4) is 0 Å². The van der Waals surface area contributed by atoms with E-state index >= 15 is 0 Å². The first-order valence-electron chi connectivity index (χ1n) is 12.1. The van der Waals surface area contributed by atoms with E-state index < -0.39 is 0 Å². The third-order valence-electron chi connectivity index (χ3n) is 5.62. The number of hydrogen-bond donors (Lipinski definition) is 1. The van der Waals surface area contributed by atoms with Crippen molar-refractivity contribution in [3.63, 3.8) is 0 Å². The number of unbranched alkanes of at least 4 members (excludes halogenated alkanes) is 14. The van der Waals surface area contributed by atoms with Gasteiger partial charge in [0, 0.05) is 24.7 Å². The number of rotatable bonds is 20. The molecule has 0 bridgehead atoms. The lowest BCUT2D eigenvalue weighted by atomic mass is 10.0. The monoisotopic (exact) mass is 388 g/mol. The predicted molar refractivity (Wildman–Crippen MR) is 121 cm³/mol. The second-order valence-corrected chi connectivity index (χ2v) is 8.30. The van der Waals surface area contributed by atoms with E-state index in [-0.39, 0.29) is 0 Å². The van der Waals surface area contributed by atoms with Crippen LogP contribution in [-0.4, -0.2) is 11.7 Å². The molecule has 0 aliphatic heterocycles. The fraction of sp³-hybridized carbons (Fsp3) is 0.731. The molecule has 160 valence electrons. The molecule has 1 aromatic heterocycles. The number of hydrogen-bond acceptors (Lipinski definition) is 1. The van der Waals surface area contributed by atoms with E-state index in [1.54, 1.807) is 0 Å². The van der Waals surface area contributed by atoms with Gasteiger partial charge >= 0.3 is 0 Å². The Morgan fingerprint density at radius 2 is 1.32 bits per heavy atom. The highest BCUT2D eigenvalue weighted by molar-refractivity contribution is 5.05. The normalized spacial score (nSPS) is 11.0. The van der Waals surface area contributed by atoms with E-state index in [0.29, 0.717) is 6.61 Å². The first-order valence-corrected chi connectivity index (χ1v) is 12.1. The van der Waals surface area contributed by atoms with Crippen molar-refractivity contribution in [2.45, 2.75) is 116 Å². The lowest BCUT2D eigenvalue weighted by molar-refractivity contribution is -0.697. The van der Waals surface area contributed by atoms with E-state index in [0.717, 1.165) is 19.4 Å². The van der Waals surface area contributed by atoms with E-state index in [9.17, 15) is 0 Å². The second kappa shape index (κ2) is 19.2. The topological polar surface area (TPSA) is 24.1 Å². The summed E-state index contributed by atoms with van der Waals surface area (Å²) in [6.45, 7) is 5.30. The van der Waals surface area contributed by atoms with Crippen molar-refractivity contribution in [3.05, 3.63) is 42.7 Å². The summed E-state index contributed by atoms with van der Waals surface area (Å²) in [6.07, 6.45) is 28.7. The molecule has 0 amide bonds. The molecule has 0 radical (unpaired) electrons. The Kier molecular flexibility index (Phi) is 17.0. The molecule has 0 spiro atoms. The lowest BCUT2D eigenvalue weighted by Crippen LogP contribution is -2.33. The van der Waals surface area contributed by atoms with Crippen LogP contribution in [0.15, 0.2) is 37.2 Å². The first-order chi connectivity index (χ1) is 13.9. The molecule has 1 aromatic rings. The summed E-state index contributed by atoms with van der Waals surface area (Å²) >= 11 is 0. The number of aliphatic hydroxyl groups is 1. The molecule has 0 aromatic carbocycles. The lowest BCUT2D eigenvalue weighted by Gasteiger charge is -2.04. The van der Waals surface area contributed by atoms with Crippen molar-refractivity contribution >= 4 is 0 Å². The van der Waals surface area contributed by atoms with Crippen LogP contribution >= 0.6 is 0 Å². The molecule has 1 heterocycles. The Hall–Kier alpha value is -1.15. The van der Waals surface area contributed by atoms with Gasteiger partial charge in [-0.15, -0.1) is 6.58 Å². The Morgan fingerprint density at radius 1 is 0.750 bits per heavy atom. The van der Waals surface area contributed by atoms with Crippen LogP contribution in [0.5, 0.6) is 0 Å². The van der Waals surface area contributed by atoms with Crippen molar-refractivity contribution in [2.75, 3.05) is 6.61 Å². The zero-order valence-electron chi connectivity index (χ0n) is 18.4. The van der Waals surface area contributed by atoms with E-state index in [1.807, 2.05) is 6.08 Å². The van der Waals surface area contributed by atoms with Gasteiger partial charge in [-0.05, 0) is 44.6 Å². The molecule has 0 aliphatic carbocycles. The number of pyridine rings is 1. The number of allylic oxidation sites excluding steroid dienone is 1. The predicted octanol–water partition coefficient (Wildman–Crippen LogP) is 6.94. The molecular formula is C26H46NO+. The molecule has 2 nitrogen and oxygen atoms in total. The molecule has 1 N–H and O–H groups in total. The molecular weight excluding hydrogens is 342 g/mol. The van der Waals surface area contributed by atoms with Gasteiger partial charge in [0.1, 0.15) is 6.54 Å². The Labute approximate surface area is 175 Å². The minimum absolute atomic E-state index is 0.361. The van der Waals surface area contributed by atoms with Crippen LogP contribution < -0.4 is 4.57 Å². The summed E-state index contributed by atoms with van der Waals surface area (Å²) in [5.74, 6) is 0. The van der Waals surface area contributed by atoms with Crippen molar-refractivity contribution in [1.29, 1.82) is 0 Å². The summed E-state index contributed by atoms with van der Waals surface area (Å²) in [7, 11) is 0. The summed E-state index contributed by atoms with van der Waals surface area (Å²) in [6, 6.07) is 4.50. The number of aromatic nitrogens is 1. The van der Waals surface area contributed by atoms with Crippen molar-refractivity contribution in [3.8, 4) is 0 Å². The van der Waals surface area contributed by atoms with Gasteiger partial charge in [0.2, 0.25) is 0 Å². The van der Waals surface area contributed by atoms with Crippen molar-refractivity contribution in [1.82, 2.24) is 0 Å². The smallest absolute Gasteiger partial charge is 0.171 e. The van der Waals surface area contributed by atoms with Crippen molar-refractivity contribution in [2.24, 2.45) is 0 Å². The van der Waals surface area contributed by atoms with Gasteiger partial charge in [-0.1, -0.05) is 70.3 Å². The van der Waals surface area contributed by atoms with Crippen LogP contribution in [0.2, 0.25) is 0 Å². The SMILES string of the molecule is C=CCCCCCC[n+]1cccc(CCCCCCCCCCCCCO)c1. The van der Waals surface area contributed by atoms with Gasteiger partial charge in [-0.25, -0.2) is 4.57 Å². The molecule has 0 saturated carbocycles. The maximum atomic E-state index is 8.76. The zero-order chi connectivity index (χ0) is 20.1. The Morgan fingerprint density at radius 3 is 1.96 bits per heavy atom. The zero-order valence-corrected chi connectivity index (χ0v) is 18.4. The fourth-order valence-corrected chi connectivity index (χ4v) is 3.83. The average molecular weight is 389 g/mol. The van der Waals surface area contributed by atoms with E-state index in [2.05, 4.69) is 35.7 Å². The average Bonchev–Trinajstić information content (AvgIpc) is 2.72. The molecule has 0 atom stereocenters. The largest absolute Gasteiger partial charge is 0.396 e. The second-order valence-electron chi connectivity index (χ2n) is 8.30. The molecule has 1 rings (SSSR count). The minimum atomic E-state index is 0.361. The maximum Gasteiger partial charge on any atom is 0.171 e. The number of aliphatic hydroxyl groups excluding tert-OH is 1. The molecule has 0 unspecified atom stereocenters. The molecule has 2 heteroatoms. The third-order valence-corrected chi connectivity index (χ3v) is 5.62. The highest BCUT2D eigenvalue weighted by Gasteiger charge is 2.03. The van der Waals surface area contributed by atoms with Gasteiger partial charge in [-0.3, -0.25) is 0 Å². The maximum absolute atomic E-state index is 8.76. The molecule has 0 aliphatic rings. The highest BCUT2D eigenvalue weighted by atomic mass is 16.2. The van der Waals surface area contributed by atoms with Crippen LogP contribution in [0, 0.1) is 0 Å². The number of aryl methyl sites for hydroxylation is 2. The minimum Gasteiger partial charge on any atom is -0.396 e. The van der Waals surface area contributed by atoms with Crippen LogP contribution in [0.1, 0.15) is 108 Å². The highest BCUT2D eigenvalue weighted by Crippen LogP contribution is 2.12. The van der Waals surface area contributed by atoms with Gasteiger partial charge < -0.3 is 5.11 Å². The van der Waals surface area contributed by atoms with Gasteiger partial charge in [-0.2, -0.15) is 0 Å². The number of nitrogens with zero attached hydrogens (tertiary/aromatic N) is 1. The molecule has 0 saturated heterocycles. The Bertz CT molecular complexity index is 471. The van der Waals surface area contributed by atoms with Gasteiger partial charge in [0.05, 0.1) is 0 Å².